The Balaban J connectivity index is 1.77. The molecule has 1 amide bonds. The highest BCUT2D eigenvalue weighted by atomic mass is 32.1. The number of amides is 1. The Morgan fingerprint density at radius 2 is 2.20 bits per heavy atom. The molecular weight excluding hydrogens is 295 g/mol. The van der Waals surface area contributed by atoms with Crippen LogP contribution in [0.4, 0.5) is 19.1 Å². The van der Waals surface area contributed by atoms with Gasteiger partial charge in [0.1, 0.15) is 10.7 Å². The first kappa shape index (κ1) is 13.0. The second kappa shape index (κ2) is 4.54. The number of hydrogen-bond acceptors (Lipinski definition) is 5. The average Bonchev–Trinajstić information content (AvgIpc) is 2.91. The topological polar surface area (TPSA) is 83.6 Å². The van der Waals surface area contributed by atoms with Crippen LogP contribution in [0.1, 0.15) is 39.9 Å². The summed E-state index contributed by atoms with van der Waals surface area (Å²) in [5, 5.41) is 8.64. The maximum absolute atomic E-state index is 12.6. The van der Waals surface area contributed by atoms with Crippen LogP contribution < -0.4 is 5.32 Å². The largest absolute Gasteiger partial charge is 0.434 e. The molecule has 0 saturated heterocycles. The predicted octanol–water partition coefficient (Wildman–Crippen LogP) is 2.41. The molecular formula is C10H8F3N5OS. The minimum absolute atomic E-state index is 0.0292. The average molecular weight is 303 g/mol. The quantitative estimate of drug-likeness (QED) is 0.912. The Kier molecular flexibility index (Phi) is 2.96. The molecule has 1 saturated carbocycles. The molecule has 1 aliphatic rings. The molecule has 2 N–H and O–H groups in total. The zero-order valence-electron chi connectivity index (χ0n) is 9.86. The Hall–Kier alpha value is -1.97. The van der Waals surface area contributed by atoms with E-state index in [1.807, 2.05) is 0 Å². The van der Waals surface area contributed by atoms with Gasteiger partial charge in [0, 0.05) is 5.92 Å². The van der Waals surface area contributed by atoms with E-state index in [0.717, 1.165) is 18.4 Å². The number of H-pyrrole nitrogens is 1. The van der Waals surface area contributed by atoms with Gasteiger partial charge < -0.3 is 0 Å². The predicted molar refractivity (Wildman–Crippen MR) is 63.4 cm³/mol. The molecule has 106 valence electrons. The van der Waals surface area contributed by atoms with Gasteiger partial charge in [-0.3, -0.25) is 15.2 Å². The summed E-state index contributed by atoms with van der Waals surface area (Å²) >= 11 is 0.620. The number of nitrogens with zero attached hydrogens (tertiary/aromatic N) is 3. The Morgan fingerprint density at radius 1 is 1.45 bits per heavy atom. The number of hydrogen-bond donors (Lipinski definition) is 2. The number of carbonyl (C=O) groups is 1. The molecule has 3 rings (SSSR count). The summed E-state index contributed by atoms with van der Waals surface area (Å²) in [6.07, 6.45) is -2.67. The van der Waals surface area contributed by atoms with Gasteiger partial charge in [-0.15, -0.1) is 16.4 Å². The molecule has 1 fully saturated rings. The van der Waals surface area contributed by atoms with Crippen molar-refractivity contribution in [2.24, 2.45) is 0 Å². The second-order valence-electron chi connectivity index (χ2n) is 4.30. The monoisotopic (exact) mass is 303 g/mol. The fraction of sp³-hybridized carbons (Fsp3) is 0.400. The molecule has 20 heavy (non-hydrogen) atoms. The molecule has 2 aromatic heterocycles. The summed E-state index contributed by atoms with van der Waals surface area (Å²) in [4.78, 5) is 18.5. The van der Waals surface area contributed by atoms with Crippen LogP contribution >= 0.6 is 11.3 Å². The second-order valence-corrected chi connectivity index (χ2v) is 5.16. The highest BCUT2D eigenvalue weighted by molar-refractivity contribution is 7.12. The first-order chi connectivity index (χ1) is 9.45. The Morgan fingerprint density at radius 3 is 2.85 bits per heavy atom. The molecule has 0 radical (unpaired) electrons. The van der Waals surface area contributed by atoms with Crippen molar-refractivity contribution in [3.8, 4) is 0 Å². The molecule has 0 atom stereocenters. The van der Waals surface area contributed by atoms with Crippen molar-refractivity contribution in [3.05, 3.63) is 21.9 Å². The maximum Gasteiger partial charge on any atom is 0.434 e. The number of anilines is 1. The van der Waals surface area contributed by atoms with Gasteiger partial charge >= 0.3 is 6.18 Å². The van der Waals surface area contributed by atoms with Crippen molar-refractivity contribution in [2.75, 3.05) is 5.32 Å². The molecule has 1 aliphatic carbocycles. The molecule has 10 heteroatoms. The molecule has 2 aromatic rings. The van der Waals surface area contributed by atoms with Crippen LogP contribution in [-0.2, 0) is 6.18 Å². The minimum atomic E-state index is -4.66. The lowest BCUT2D eigenvalue weighted by atomic mass is 10.3. The van der Waals surface area contributed by atoms with Crippen molar-refractivity contribution in [3.63, 3.8) is 0 Å². The van der Waals surface area contributed by atoms with Gasteiger partial charge in [0.2, 0.25) is 5.95 Å². The molecule has 0 bridgehead atoms. The van der Waals surface area contributed by atoms with E-state index >= 15 is 0 Å². The fourth-order valence-corrected chi connectivity index (χ4v) is 2.34. The van der Waals surface area contributed by atoms with Gasteiger partial charge in [0.05, 0.1) is 5.51 Å². The fourth-order valence-electron chi connectivity index (χ4n) is 1.64. The van der Waals surface area contributed by atoms with E-state index in [1.54, 1.807) is 0 Å². The molecule has 0 unspecified atom stereocenters. The summed E-state index contributed by atoms with van der Waals surface area (Å²) in [5.41, 5.74) is -0.219. The normalized spacial score (nSPS) is 15.3. The molecule has 0 spiro atoms. The number of carbonyl (C=O) groups excluding carboxylic acids is 1. The van der Waals surface area contributed by atoms with Gasteiger partial charge in [0.25, 0.3) is 5.91 Å². The lowest BCUT2D eigenvalue weighted by Gasteiger charge is -2.05. The third-order valence-corrected chi connectivity index (χ3v) is 3.56. The Labute approximate surface area is 114 Å². The van der Waals surface area contributed by atoms with E-state index in [1.165, 1.54) is 0 Å². The van der Waals surface area contributed by atoms with Crippen molar-refractivity contribution in [1.29, 1.82) is 0 Å². The number of halogens is 3. The van der Waals surface area contributed by atoms with Crippen LogP contribution in [0, 0.1) is 0 Å². The lowest BCUT2D eigenvalue weighted by Crippen LogP contribution is -2.17. The SMILES string of the molecule is O=C(Nc1n[nH]c(C2CC2)n1)c1scnc1C(F)(F)F. The standard InChI is InChI=1S/C10H8F3N5OS/c11-10(12,13)6-5(20-3-14-6)8(19)16-9-15-7(17-18-9)4-1-2-4/h3-4H,1-2H2,(H2,15,16,17,18,19). The van der Waals surface area contributed by atoms with Crippen molar-refractivity contribution in [2.45, 2.75) is 24.9 Å². The number of thiazole rings is 1. The van der Waals surface area contributed by atoms with E-state index in [9.17, 15) is 18.0 Å². The molecule has 2 heterocycles. The first-order valence-electron chi connectivity index (χ1n) is 5.69. The third kappa shape index (κ3) is 2.50. The summed E-state index contributed by atoms with van der Waals surface area (Å²) in [5.74, 6) is 0.00235. The van der Waals surface area contributed by atoms with Gasteiger partial charge in [-0.25, -0.2) is 4.98 Å². The van der Waals surface area contributed by atoms with Crippen LogP contribution in [0.2, 0.25) is 0 Å². The Bertz CT molecular complexity index is 645. The third-order valence-electron chi connectivity index (χ3n) is 2.73. The summed E-state index contributed by atoms with van der Waals surface area (Å²) in [6.45, 7) is 0. The van der Waals surface area contributed by atoms with Crippen LogP contribution in [0.25, 0.3) is 0 Å². The van der Waals surface area contributed by atoms with Gasteiger partial charge in [-0.1, -0.05) is 0 Å². The highest BCUT2D eigenvalue weighted by Crippen LogP contribution is 2.38. The number of alkyl halides is 3. The van der Waals surface area contributed by atoms with Crippen LogP contribution in [0.15, 0.2) is 5.51 Å². The number of nitrogens with one attached hydrogen (secondary N) is 2. The van der Waals surface area contributed by atoms with Crippen molar-refractivity contribution in [1.82, 2.24) is 20.2 Å². The van der Waals surface area contributed by atoms with Crippen molar-refractivity contribution >= 4 is 23.2 Å². The van der Waals surface area contributed by atoms with Crippen LogP contribution in [0.3, 0.4) is 0 Å². The number of rotatable bonds is 3. The van der Waals surface area contributed by atoms with E-state index in [4.69, 9.17) is 0 Å². The van der Waals surface area contributed by atoms with Gasteiger partial charge in [0.15, 0.2) is 5.69 Å². The highest BCUT2D eigenvalue weighted by Gasteiger charge is 2.38. The zero-order valence-corrected chi connectivity index (χ0v) is 10.7. The smallest absolute Gasteiger partial charge is 0.288 e. The number of aromatic amines is 1. The van der Waals surface area contributed by atoms with Crippen LogP contribution in [0.5, 0.6) is 0 Å². The van der Waals surface area contributed by atoms with Crippen molar-refractivity contribution < 1.29 is 18.0 Å². The van der Waals surface area contributed by atoms with E-state index in [0.29, 0.717) is 23.1 Å². The molecule has 6 nitrogen and oxygen atoms in total. The van der Waals surface area contributed by atoms with Gasteiger partial charge in [-0.05, 0) is 12.8 Å². The van der Waals surface area contributed by atoms with Crippen LogP contribution in [-0.4, -0.2) is 26.1 Å². The summed E-state index contributed by atoms with van der Waals surface area (Å²) in [7, 11) is 0. The minimum Gasteiger partial charge on any atom is -0.288 e. The summed E-state index contributed by atoms with van der Waals surface area (Å²) < 4.78 is 37.9. The lowest BCUT2D eigenvalue weighted by molar-refractivity contribution is -0.141. The van der Waals surface area contributed by atoms with E-state index < -0.39 is 22.7 Å². The first-order valence-corrected chi connectivity index (χ1v) is 6.57. The number of aromatic nitrogens is 4. The maximum atomic E-state index is 12.6. The molecule has 0 aliphatic heterocycles. The zero-order chi connectivity index (χ0) is 14.3. The summed E-state index contributed by atoms with van der Waals surface area (Å²) in [6, 6.07) is 0. The van der Waals surface area contributed by atoms with Gasteiger partial charge in [-0.2, -0.15) is 18.2 Å². The van der Waals surface area contributed by atoms with E-state index in [-0.39, 0.29) is 5.95 Å². The molecule has 0 aromatic carbocycles. The van der Waals surface area contributed by atoms with E-state index in [2.05, 4.69) is 25.5 Å².